The summed E-state index contributed by atoms with van der Waals surface area (Å²) in [5.41, 5.74) is 5.48. The molecule has 1 amide bonds. The maximum absolute atomic E-state index is 12.7. The molecule has 0 aliphatic rings. The highest BCUT2D eigenvalue weighted by atomic mass is 16.5. The first-order valence-corrected chi connectivity index (χ1v) is 21.1. The van der Waals surface area contributed by atoms with Crippen LogP contribution in [0, 0.1) is 0 Å². The molecule has 7 nitrogen and oxygen atoms in total. The van der Waals surface area contributed by atoms with Crippen molar-refractivity contribution in [1.29, 1.82) is 0 Å². The van der Waals surface area contributed by atoms with E-state index in [1.54, 1.807) is 0 Å². The molecular formula is C45H78N2O5. The Balaban J connectivity index is 4.37. The van der Waals surface area contributed by atoms with Crippen LogP contribution in [0.4, 0.5) is 0 Å². The standard InChI is InChI=1S/C45H78N2O5/c1-3-5-7-9-11-13-14-15-16-17-18-19-20-22-24-29-33-39-44(49)52-41(35-30-26-23-21-12-10-8-6-4-2)36-31-27-25-28-32-38-43(48)47-42(45(50)51)37-34-40-46/h5,7,11,13,15-16,18-19,22,24,41-42H,3-4,6,8-10,12,14,17,20-21,23,25-40,46H2,1-2H3,(H,47,48)(H,50,51)/b7-5-,13-11-,16-15-,19-18-,24-22-. The molecule has 0 saturated carbocycles. The number of aliphatic carboxylic acids is 1. The first-order chi connectivity index (χ1) is 25.4. The molecule has 0 heterocycles. The summed E-state index contributed by atoms with van der Waals surface area (Å²) in [6.07, 6.45) is 48.3. The van der Waals surface area contributed by atoms with Gasteiger partial charge in [0, 0.05) is 12.8 Å². The van der Waals surface area contributed by atoms with E-state index in [0.717, 1.165) is 96.3 Å². The van der Waals surface area contributed by atoms with Gasteiger partial charge >= 0.3 is 11.9 Å². The molecule has 52 heavy (non-hydrogen) atoms. The van der Waals surface area contributed by atoms with Crippen LogP contribution in [0.25, 0.3) is 0 Å². The number of carboxylic acids is 1. The van der Waals surface area contributed by atoms with Crippen LogP contribution in [-0.2, 0) is 19.1 Å². The fourth-order valence-corrected chi connectivity index (χ4v) is 5.96. The average molecular weight is 727 g/mol. The summed E-state index contributed by atoms with van der Waals surface area (Å²) in [4.78, 5) is 36.3. The number of esters is 1. The second-order valence-corrected chi connectivity index (χ2v) is 14.0. The first kappa shape index (κ1) is 49.1. The van der Waals surface area contributed by atoms with Gasteiger partial charge in [-0.15, -0.1) is 0 Å². The number of rotatable bonds is 37. The van der Waals surface area contributed by atoms with Gasteiger partial charge < -0.3 is 20.9 Å². The van der Waals surface area contributed by atoms with Crippen molar-refractivity contribution < 1.29 is 24.2 Å². The van der Waals surface area contributed by atoms with Crippen LogP contribution in [0.1, 0.15) is 187 Å². The summed E-state index contributed by atoms with van der Waals surface area (Å²) in [6.45, 7) is 4.81. The molecule has 0 bridgehead atoms. The normalized spacial score (nSPS) is 13.3. The van der Waals surface area contributed by atoms with Crippen LogP contribution in [-0.4, -0.2) is 41.6 Å². The number of carbonyl (C=O) groups is 3. The first-order valence-electron chi connectivity index (χ1n) is 21.1. The minimum Gasteiger partial charge on any atom is -0.480 e. The molecular weight excluding hydrogens is 649 g/mol. The lowest BCUT2D eigenvalue weighted by molar-refractivity contribution is -0.150. The molecule has 2 atom stereocenters. The van der Waals surface area contributed by atoms with Crippen LogP contribution in [0.2, 0.25) is 0 Å². The molecule has 0 spiro atoms. The minimum absolute atomic E-state index is 0.0157. The van der Waals surface area contributed by atoms with Gasteiger partial charge in [0.1, 0.15) is 12.1 Å². The topological polar surface area (TPSA) is 119 Å². The van der Waals surface area contributed by atoms with Crippen molar-refractivity contribution in [2.45, 2.75) is 199 Å². The van der Waals surface area contributed by atoms with E-state index < -0.39 is 12.0 Å². The molecule has 2 unspecified atom stereocenters. The summed E-state index contributed by atoms with van der Waals surface area (Å²) < 4.78 is 6.00. The van der Waals surface area contributed by atoms with Gasteiger partial charge in [-0.25, -0.2) is 4.79 Å². The van der Waals surface area contributed by atoms with E-state index in [1.807, 2.05) is 0 Å². The lowest BCUT2D eigenvalue weighted by Gasteiger charge is -2.18. The minimum atomic E-state index is -1.01. The van der Waals surface area contributed by atoms with Crippen LogP contribution in [0.3, 0.4) is 0 Å². The Hall–Kier alpha value is -2.93. The summed E-state index contributed by atoms with van der Waals surface area (Å²) in [6, 6.07) is -0.862. The number of carbonyl (C=O) groups excluding carboxylic acids is 2. The SMILES string of the molecule is CC/C=C\C/C=C\C/C=C\C/C=C\C/C=C\CCCC(=O)OC(CCCCCCCCCCC)CCCCCCCC(=O)NC(CCCN)C(=O)O. The Labute approximate surface area is 319 Å². The quantitative estimate of drug-likeness (QED) is 0.0333. The predicted molar refractivity (Wildman–Crippen MR) is 220 cm³/mol. The maximum Gasteiger partial charge on any atom is 0.326 e. The number of allylic oxidation sites excluding steroid dienone is 10. The van der Waals surface area contributed by atoms with Gasteiger partial charge in [0.15, 0.2) is 0 Å². The Morgan fingerprint density at radius 2 is 1.06 bits per heavy atom. The van der Waals surface area contributed by atoms with E-state index in [9.17, 15) is 19.5 Å². The Morgan fingerprint density at radius 1 is 0.577 bits per heavy atom. The molecule has 0 aromatic carbocycles. The van der Waals surface area contributed by atoms with Crippen LogP contribution < -0.4 is 11.1 Å². The van der Waals surface area contributed by atoms with Gasteiger partial charge in [-0.1, -0.05) is 145 Å². The second-order valence-electron chi connectivity index (χ2n) is 14.0. The van der Waals surface area contributed by atoms with Gasteiger partial charge in [-0.05, 0) is 96.4 Å². The van der Waals surface area contributed by atoms with Crippen LogP contribution in [0.5, 0.6) is 0 Å². The van der Waals surface area contributed by atoms with E-state index in [2.05, 4.69) is 79.9 Å². The number of nitrogens with one attached hydrogen (secondary N) is 1. The lowest BCUT2D eigenvalue weighted by atomic mass is 10.0. The highest BCUT2D eigenvalue weighted by Gasteiger charge is 2.19. The predicted octanol–water partition coefficient (Wildman–Crippen LogP) is 11.8. The van der Waals surface area contributed by atoms with Crippen molar-refractivity contribution in [3.05, 3.63) is 60.8 Å². The lowest BCUT2D eigenvalue weighted by Crippen LogP contribution is -2.40. The Kier molecular flexibility index (Phi) is 37.1. The summed E-state index contributed by atoms with van der Waals surface area (Å²) in [5, 5.41) is 11.9. The van der Waals surface area contributed by atoms with E-state index in [1.165, 1.54) is 51.4 Å². The fourth-order valence-electron chi connectivity index (χ4n) is 5.96. The zero-order valence-electron chi connectivity index (χ0n) is 33.4. The number of carboxylic acid groups (broad SMARTS) is 1. The third-order valence-electron chi connectivity index (χ3n) is 9.10. The third-order valence-corrected chi connectivity index (χ3v) is 9.10. The van der Waals surface area contributed by atoms with Gasteiger partial charge in [0.25, 0.3) is 0 Å². The highest BCUT2D eigenvalue weighted by Crippen LogP contribution is 2.18. The molecule has 0 fully saturated rings. The van der Waals surface area contributed by atoms with Crippen molar-refractivity contribution in [3.63, 3.8) is 0 Å². The largest absolute Gasteiger partial charge is 0.480 e. The third kappa shape index (κ3) is 35.5. The van der Waals surface area contributed by atoms with Crippen LogP contribution >= 0.6 is 0 Å². The number of nitrogens with two attached hydrogens (primary N) is 1. The number of unbranched alkanes of at least 4 members (excludes halogenated alkanes) is 13. The number of hydrogen-bond acceptors (Lipinski definition) is 5. The van der Waals surface area contributed by atoms with Crippen LogP contribution in [0.15, 0.2) is 60.8 Å². The summed E-state index contributed by atoms with van der Waals surface area (Å²) in [7, 11) is 0. The molecule has 4 N–H and O–H groups in total. The smallest absolute Gasteiger partial charge is 0.326 e. The summed E-state index contributed by atoms with van der Waals surface area (Å²) in [5.74, 6) is -1.30. The van der Waals surface area contributed by atoms with Gasteiger partial charge in [-0.2, -0.15) is 0 Å². The van der Waals surface area contributed by atoms with E-state index in [4.69, 9.17) is 10.5 Å². The van der Waals surface area contributed by atoms with E-state index in [0.29, 0.717) is 32.2 Å². The molecule has 0 aromatic rings. The Morgan fingerprint density at radius 3 is 1.56 bits per heavy atom. The summed E-state index contributed by atoms with van der Waals surface area (Å²) >= 11 is 0. The highest BCUT2D eigenvalue weighted by molar-refractivity contribution is 5.83. The molecule has 0 aliphatic heterocycles. The number of hydrogen-bond donors (Lipinski definition) is 3. The molecule has 0 aromatic heterocycles. The van der Waals surface area contributed by atoms with Gasteiger partial charge in [0.05, 0.1) is 0 Å². The number of ether oxygens (including phenoxy) is 1. The Bertz CT molecular complexity index is 1000. The zero-order chi connectivity index (χ0) is 38.2. The van der Waals surface area contributed by atoms with Crippen molar-refractivity contribution in [2.24, 2.45) is 5.73 Å². The maximum atomic E-state index is 12.7. The zero-order valence-corrected chi connectivity index (χ0v) is 33.4. The molecule has 0 rings (SSSR count). The van der Waals surface area contributed by atoms with Crippen molar-refractivity contribution >= 4 is 17.8 Å². The fraction of sp³-hybridized carbons (Fsp3) is 0.711. The average Bonchev–Trinajstić information content (AvgIpc) is 3.13. The van der Waals surface area contributed by atoms with Crippen molar-refractivity contribution in [2.75, 3.05) is 6.54 Å². The molecule has 298 valence electrons. The molecule has 0 radical (unpaired) electrons. The molecule has 7 heteroatoms. The second kappa shape index (κ2) is 39.3. The monoisotopic (exact) mass is 727 g/mol. The van der Waals surface area contributed by atoms with Gasteiger partial charge in [-0.3, -0.25) is 9.59 Å². The molecule has 0 aliphatic carbocycles. The van der Waals surface area contributed by atoms with Gasteiger partial charge in [0.2, 0.25) is 5.91 Å². The number of amides is 1. The molecule has 0 saturated heterocycles. The van der Waals surface area contributed by atoms with E-state index >= 15 is 0 Å². The van der Waals surface area contributed by atoms with E-state index in [-0.39, 0.29) is 18.0 Å². The van der Waals surface area contributed by atoms with Crippen molar-refractivity contribution in [1.82, 2.24) is 5.32 Å². The van der Waals surface area contributed by atoms with Crippen molar-refractivity contribution in [3.8, 4) is 0 Å².